The van der Waals surface area contributed by atoms with Crippen LogP contribution >= 0.6 is 11.8 Å². The number of likely N-dealkylation sites (N-methyl/N-ethyl adjacent to an activating group) is 1. The molecule has 2 N–H and O–H groups in total. The van der Waals surface area contributed by atoms with Crippen molar-refractivity contribution in [3.05, 3.63) is 30.3 Å². The van der Waals surface area contributed by atoms with Crippen LogP contribution in [-0.2, 0) is 14.3 Å². The number of hydrogen-bond donors (Lipinski definition) is 2. The van der Waals surface area contributed by atoms with E-state index in [0.717, 1.165) is 17.7 Å². The van der Waals surface area contributed by atoms with Crippen LogP contribution in [0, 0.1) is 0 Å². The van der Waals surface area contributed by atoms with E-state index in [9.17, 15) is 9.59 Å². The van der Waals surface area contributed by atoms with Gasteiger partial charge in [0.2, 0.25) is 0 Å². The van der Waals surface area contributed by atoms with Crippen molar-refractivity contribution in [2.75, 3.05) is 26.8 Å². The van der Waals surface area contributed by atoms with Crippen LogP contribution in [0.1, 0.15) is 12.8 Å². The number of carbonyl (C=O) groups excluding carboxylic acids is 2. The molecule has 1 saturated heterocycles. The average Bonchev–Trinajstić information content (AvgIpc) is 2.53. The van der Waals surface area contributed by atoms with E-state index in [4.69, 9.17) is 4.74 Å². The SMILES string of the molecule is CNC(=O)C(=O)NCC1(Sc2ccccc2)CCOCC1. The van der Waals surface area contributed by atoms with Gasteiger partial charge in [0.15, 0.2) is 0 Å². The van der Waals surface area contributed by atoms with Gasteiger partial charge in [-0.1, -0.05) is 18.2 Å². The second kappa shape index (κ2) is 7.47. The van der Waals surface area contributed by atoms with Gasteiger partial charge in [0, 0.05) is 36.4 Å². The van der Waals surface area contributed by atoms with Gasteiger partial charge in [-0.05, 0) is 25.0 Å². The number of thioether (sulfide) groups is 1. The number of amides is 2. The maximum absolute atomic E-state index is 11.6. The highest BCUT2D eigenvalue weighted by Crippen LogP contribution is 2.39. The zero-order valence-electron chi connectivity index (χ0n) is 12.1. The predicted octanol–water partition coefficient (Wildman–Crippen LogP) is 1.19. The quantitative estimate of drug-likeness (QED) is 0.820. The molecule has 1 fully saturated rings. The third kappa shape index (κ3) is 4.47. The molecule has 1 aromatic carbocycles. The highest BCUT2D eigenvalue weighted by molar-refractivity contribution is 8.00. The molecular weight excluding hydrogens is 288 g/mol. The lowest BCUT2D eigenvalue weighted by molar-refractivity contribution is -0.139. The highest BCUT2D eigenvalue weighted by Gasteiger charge is 2.34. The topological polar surface area (TPSA) is 67.4 Å². The van der Waals surface area contributed by atoms with Crippen LogP contribution < -0.4 is 10.6 Å². The van der Waals surface area contributed by atoms with Crippen LogP contribution in [-0.4, -0.2) is 43.4 Å². The maximum atomic E-state index is 11.6. The molecule has 6 heteroatoms. The Morgan fingerprint density at radius 3 is 2.48 bits per heavy atom. The average molecular weight is 308 g/mol. The Hall–Kier alpha value is -1.53. The second-order valence-electron chi connectivity index (χ2n) is 4.97. The lowest BCUT2D eigenvalue weighted by Gasteiger charge is -2.36. The molecule has 2 rings (SSSR count). The fraction of sp³-hybridized carbons (Fsp3) is 0.467. The lowest BCUT2D eigenvalue weighted by Crippen LogP contribution is -2.47. The summed E-state index contributed by atoms with van der Waals surface area (Å²) < 4.78 is 5.31. The molecule has 2 amide bonds. The molecule has 1 aromatic rings. The first-order valence-electron chi connectivity index (χ1n) is 6.97. The minimum Gasteiger partial charge on any atom is -0.381 e. The van der Waals surface area contributed by atoms with E-state index in [-0.39, 0.29) is 4.75 Å². The summed E-state index contributed by atoms with van der Waals surface area (Å²) in [5, 5.41) is 5.07. The van der Waals surface area contributed by atoms with E-state index in [1.54, 1.807) is 11.8 Å². The van der Waals surface area contributed by atoms with E-state index in [2.05, 4.69) is 22.8 Å². The molecule has 0 atom stereocenters. The zero-order chi connectivity index (χ0) is 15.1. The molecule has 0 spiro atoms. The molecule has 1 aliphatic heterocycles. The summed E-state index contributed by atoms with van der Waals surface area (Å²) in [5.74, 6) is -1.20. The largest absolute Gasteiger partial charge is 0.381 e. The third-order valence-corrected chi connectivity index (χ3v) is 4.98. The summed E-state index contributed by atoms with van der Waals surface area (Å²) in [7, 11) is 1.45. The Morgan fingerprint density at radius 2 is 1.86 bits per heavy atom. The minimum atomic E-state index is -0.609. The third-order valence-electron chi connectivity index (χ3n) is 3.49. The van der Waals surface area contributed by atoms with Gasteiger partial charge < -0.3 is 15.4 Å². The summed E-state index contributed by atoms with van der Waals surface area (Å²) in [4.78, 5) is 24.1. The number of hydrogen-bond acceptors (Lipinski definition) is 4. The fourth-order valence-electron chi connectivity index (χ4n) is 2.23. The van der Waals surface area contributed by atoms with Crippen molar-refractivity contribution < 1.29 is 14.3 Å². The second-order valence-corrected chi connectivity index (χ2v) is 6.51. The fourth-order valence-corrected chi connectivity index (χ4v) is 3.54. The highest BCUT2D eigenvalue weighted by atomic mass is 32.2. The van der Waals surface area contributed by atoms with Crippen molar-refractivity contribution >= 4 is 23.6 Å². The molecule has 0 unspecified atom stereocenters. The van der Waals surface area contributed by atoms with E-state index in [1.165, 1.54) is 7.05 Å². The molecule has 0 aliphatic carbocycles. The van der Waals surface area contributed by atoms with Gasteiger partial charge in [0.05, 0.1) is 0 Å². The van der Waals surface area contributed by atoms with Gasteiger partial charge in [0.1, 0.15) is 0 Å². The smallest absolute Gasteiger partial charge is 0.309 e. The first-order valence-corrected chi connectivity index (χ1v) is 7.79. The monoisotopic (exact) mass is 308 g/mol. The Labute approximate surface area is 128 Å². The molecule has 0 saturated carbocycles. The van der Waals surface area contributed by atoms with Crippen molar-refractivity contribution in [3.8, 4) is 0 Å². The van der Waals surface area contributed by atoms with E-state index >= 15 is 0 Å². The summed E-state index contributed by atoms with van der Waals surface area (Å²) in [6, 6.07) is 10.1. The standard InChI is InChI=1S/C15H20N2O3S/c1-16-13(18)14(19)17-11-15(7-9-20-10-8-15)21-12-5-3-2-4-6-12/h2-6H,7-11H2,1H3,(H,16,18)(H,17,19). The van der Waals surface area contributed by atoms with Crippen molar-refractivity contribution in [2.24, 2.45) is 0 Å². The molecule has 0 bridgehead atoms. The van der Waals surface area contributed by atoms with Gasteiger partial charge in [0.25, 0.3) is 0 Å². The lowest BCUT2D eigenvalue weighted by atomic mass is 9.99. The number of nitrogens with one attached hydrogen (secondary N) is 2. The van der Waals surface area contributed by atoms with E-state index < -0.39 is 11.8 Å². The van der Waals surface area contributed by atoms with Crippen molar-refractivity contribution in [1.82, 2.24) is 10.6 Å². The van der Waals surface area contributed by atoms with Crippen molar-refractivity contribution in [2.45, 2.75) is 22.5 Å². The van der Waals surface area contributed by atoms with Crippen LogP contribution in [0.4, 0.5) is 0 Å². The van der Waals surface area contributed by atoms with E-state index in [1.807, 2.05) is 18.2 Å². The van der Waals surface area contributed by atoms with Gasteiger partial charge in [-0.2, -0.15) is 0 Å². The Bertz CT molecular complexity index is 487. The van der Waals surface area contributed by atoms with Gasteiger partial charge in [-0.3, -0.25) is 9.59 Å². The molecule has 5 nitrogen and oxygen atoms in total. The molecule has 1 aliphatic rings. The summed E-state index contributed by atoms with van der Waals surface area (Å²) >= 11 is 1.75. The molecule has 0 radical (unpaired) electrons. The van der Waals surface area contributed by atoms with Crippen LogP contribution in [0.25, 0.3) is 0 Å². The molecule has 0 aromatic heterocycles. The summed E-state index contributed by atoms with van der Waals surface area (Å²) in [6.45, 7) is 1.81. The number of rotatable bonds is 4. The number of carbonyl (C=O) groups is 2. The zero-order valence-corrected chi connectivity index (χ0v) is 12.9. The summed E-state index contributed by atoms with van der Waals surface area (Å²) in [5.41, 5.74) is 0. The van der Waals surface area contributed by atoms with Crippen molar-refractivity contribution in [1.29, 1.82) is 0 Å². The minimum absolute atomic E-state index is 0.122. The number of benzene rings is 1. The van der Waals surface area contributed by atoms with Crippen LogP contribution in [0.3, 0.4) is 0 Å². The number of ether oxygens (including phenoxy) is 1. The maximum Gasteiger partial charge on any atom is 0.309 e. The van der Waals surface area contributed by atoms with Gasteiger partial charge >= 0.3 is 11.8 Å². The molecule has 1 heterocycles. The van der Waals surface area contributed by atoms with Crippen LogP contribution in [0.2, 0.25) is 0 Å². The van der Waals surface area contributed by atoms with Crippen molar-refractivity contribution in [3.63, 3.8) is 0 Å². The first kappa shape index (κ1) is 15.9. The molecule has 21 heavy (non-hydrogen) atoms. The predicted molar refractivity (Wildman–Crippen MR) is 82.2 cm³/mol. The first-order chi connectivity index (χ1) is 10.2. The Kier molecular flexibility index (Phi) is 5.64. The van der Waals surface area contributed by atoms with E-state index in [0.29, 0.717) is 19.8 Å². The van der Waals surface area contributed by atoms with Crippen LogP contribution in [0.15, 0.2) is 35.2 Å². The van der Waals surface area contributed by atoms with Crippen LogP contribution in [0.5, 0.6) is 0 Å². The van der Waals surface area contributed by atoms with Gasteiger partial charge in [-0.25, -0.2) is 0 Å². The summed E-state index contributed by atoms with van der Waals surface area (Å²) in [6.07, 6.45) is 1.70. The normalized spacial score (nSPS) is 17.0. The van der Waals surface area contributed by atoms with Gasteiger partial charge in [-0.15, -0.1) is 11.8 Å². The Balaban J connectivity index is 2.03. The molecular formula is C15H20N2O3S. The Morgan fingerprint density at radius 1 is 1.19 bits per heavy atom. The molecule has 114 valence electrons.